The minimum atomic E-state index is 0.0978. The molecule has 1 fully saturated rings. The van der Waals surface area contributed by atoms with Crippen molar-refractivity contribution in [3.05, 3.63) is 30.3 Å². The quantitative estimate of drug-likeness (QED) is 0.746. The van der Waals surface area contributed by atoms with Gasteiger partial charge in [-0.1, -0.05) is 18.2 Å². The molecule has 1 aromatic carbocycles. The van der Waals surface area contributed by atoms with E-state index in [4.69, 9.17) is 4.74 Å². The van der Waals surface area contributed by atoms with Gasteiger partial charge in [0, 0.05) is 18.5 Å². The van der Waals surface area contributed by atoms with Crippen LogP contribution in [-0.2, 0) is 0 Å². The molecule has 1 aromatic rings. The lowest BCUT2D eigenvalue weighted by Crippen LogP contribution is -2.47. The molecule has 2 rings (SSSR count). The summed E-state index contributed by atoms with van der Waals surface area (Å²) in [4.78, 5) is 4.69. The molecule has 0 atom stereocenters. The van der Waals surface area contributed by atoms with E-state index in [1.165, 1.54) is 0 Å². The van der Waals surface area contributed by atoms with Crippen molar-refractivity contribution in [1.82, 2.24) is 9.80 Å². The molecular formula is C18H30N2O2. The molecule has 0 spiro atoms. The fraction of sp³-hybridized carbons (Fsp3) is 0.667. The largest absolute Gasteiger partial charge is 0.494 e. The Balaban J connectivity index is 1.65. The average Bonchev–Trinajstić information content (AvgIpc) is 2.53. The molecule has 4 heteroatoms. The highest BCUT2D eigenvalue weighted by molar-refractivity contribution is 5.20. The predicted octanol–water partition coefficient (Wildman–Crippen LogP) is 2.09. The highest BCUT2D eigenvalue weighted by atomic mass is 16.5. The van der Waals surface area contributed by atoms with Crippen LogP contribution in [0.1, 0.15) is 19.3 Å². The van der Waals surface area contributed by atoms with Crippen molar-refractivity contribution in [2.24, 2.45) is 5.41 Å². The molecule has 1 N–H and O–H groups in total. The number of piperidine rings is 1. The molecule has 124 valence electrons. The Labute approximate surface area is 134 Å². The van der Waals surface area contributed by atoms with Crippen LogP contribution in [0.4, 0.5) is 0 Å². The Bertz CT molecular complexity index is 414. The lowest BCUT2D eigenvalue weighted by Gasteiger charge is -2.42. The minimum Gasteiger partial charge on any atom is -0.494 e. The van der Waals surface area contributed by atoms with E-state index in [0.29, 0.717) is 6.61 Å². The standard InChI is InChI=1S/C18H30N2O2/c1-19(2)15-18(16-21)9-12-20(13-10-18)11-6-14-22-17-7-4-3-5-8-17/h3-5,7-8,21H,6,9-16H2,1-2H3. The van der Waals surface area contributed by atoms with Crippen LogP contribution in [0.5, 0.6) is 5.75 Å². The molecule has 0 saturated carbocycles. The lowest BCUT2D eigenvalue weighted by molar-refractivity contribution is 0.0230. The van der Waals surface area contributed by atoms with E-state index >= 15 is 0 Å². The second kappa shape index (κ2) is 8.51. The number of hydrogen-bond acceptors (Lipinski definition) is 4. The molecule has 1 heterocycles. The van der Waals surface area contributed by atoms with Gasteiger partial charge in [0.25, 0.3) is 0 Å². The fourth-order valence-corrected chi connectivity index (χ4v) is 3.28. The zero-order chi connectivity index (χ0) is 15.8. The summed E-state index contributed by atoms with van der Waals surface area (Å²) >= 11 is 0. The zero-order valence-corrected chi connectivity index (χ0v) is 14.0. The van der Waals surface area contributed by atoms with Gasteiger partial charge in [-0.3, -0.25) is 0 Å². The molecule has 0 aromatic heterocycles. The summed E-state index contributed by atoms with van der Waals surface area (Å²) in [6.07, 6.45) is 3.22. The number of benzene rings is 1. The monoisotopic (exact) mass is 306 g/mol. The number of aliphatic hydroxyl groups excluding tert-OH is 1. The zero-order valence-electron chi connectivity index (χ0n) is 14.0. The van der Waals surface area contributed by atoms with Gasteiger partial charge in [0.15, 0.2) is 0 Å². The van der Waals surface area contributed by atoms with Gasteiger partial charge >= 0.3 is 0 Å². The Kier molecular flexibility index (Phi) is 6.68. The molecular weight excluding hydrogens is 276 g/mol. The third kappa shape index (κ3) is 5.27. The van der Waals surface area contributed by atoms with Crippen LogP contribution < -0.4 is 4.74 Å². The maximum atomic E-state index is 9.75. The molecule has 1 aliphatic rings. The molecule has 22 heavy (non-hydrogen) atoms. The van der Waals surface area contributed by atoms with Crippen molar-refractivity contribution in [1.29, 1.82) is 0 Å². The van der Waals surface area contributed by atoms with E-state index in [9.17, 15) is 5.11 Å². The van der Waals surface area contributed by atoms with Crippen LogP contribution in [-0.4, -0.2) is 68.4 Å². The first-order valence-corrected chi connectivity index (χ1v) is 8.29. The number of hydrogen-bond donors (Lipinski definition) is 1. The number of rotatable bonds is 8. The van der Waals surface area contributed by atoms with Crippen LogP contribution in [0.2, 0.25) is 0 Å². The smallest absolute Gasteiger partial charge is 0.119 e. The first kappa shape index (κ1) is 17.3. The third-order valence-corrected chi connectivity index (χ3v) is 4.53. The summed E-state index contributed by atoms with van der Waals surface area (Å²) in [7, 11) is 4.18. The molecule has 1 aliphatic heterocycles. The van der Waals surface area contributed by atoms with Gasteiger partial charge in [-0.15, -0.1) is 0 Å². The minimum absolute atomic E-state index is 0.0978. The Morgan fingerprint density at radius 1 is 1.18 bits per heavy atom. The summed E-state index contributed by atoms with van der Waals surface area (Å²) in [5.74, 6) is 0.950. The van der Waals surface area contributed by atoms with E-state index in [1.807, 2.05) is 30.3 Å². The van der Waals surface area contributed by atoms with Gasteiger partial charge in [0.1, 0.15) is 5.75 Å². The Hall–Kier alpha value is -1.10. The van der Waals surface area contributed by atoms with Crippen molar-refractivity contribution in [2.75, 3.05) is 53.5 Å². The van der Waals surface area contributed by atoms with Gasteiger partial charge in [0.2, 0.25) is 0 Å². The normalized spacial score (nSPS) is 18.5. The van der Waals surface area contributed by atoms with Gasteiger partial charge in [-0.05, 0) is 58.6 Å². The van der Waals surface area contributed by atoms with Crippen molar-refractivity contribution in [2.45, 2.75) is 19.3 Å². The Morgan fingerprint density at radius 2 is 1.86 bits per heavy atom. The van der Waals surface area contributed by atoms with Crippen LogP contribution in [0.3, 0.4) is 0 Å². The second-order valence-corrected chi connectivity index (χ2v) is 6.75. The SMILES string of the molecule is CN(C)CC1(CO)CCN(CCCOc2ccccc2)CC1. The van der Waals surface area contributed by atoms with Crippen molar-refractivity contribution in [3.63, 3.8) is 0 Å². The highest BCUT2D eigenvalue weighted by Crippen LogP contribution is 2.31. The predicted molar refractivity (Wildman–Crippen MR) is 90.3 cm³/mol. The summed E-state index contributed by atoms with van der Waals surface area (Å²) in [6.45, 7) is 5.30. The van der Waals surface area contributed by atoms with E-state index < -0.39 is 0 Å². The van der Waals surface area contributed by atoms with Crippen LogP contribution in [0.15, 0.2) is 30.3 Å². The van der Waals surface area contributed by atoms with Gasteiger partial charge in [-0.2, -0.15) is 0 Å². The summed E-state index contributed by atoms with van der Waals surface area (Å²) in [5.41, 5.74) is 0.0978. The number of ether oxygens (including phenoxy) is 1. The maximum Gasteiger partial charge on any atom is 0.119 e. The lowest BCUT2D eigenvalue weighted by atomic mass is 9.78. The number of para-hydroxylation sites is 1. The fourth-order valence-electron chi connectivity index (χ4n) is 3.28. The summed E-state index contributed by atoms with van der Waals surface area (Å²) < 4.78 is 5.74. The van der Waals surface area contributed by atoms with Gasteiger partial charge in [0.05, 0.1) is 13.2 Å². The number of likely N-dealkylation sites (tertiary alicyclic amines) is 1. The summed E-state index contributed by atoms with van der Waals surface area (Å²) in [5, 5.41) is 9.75. The molecule has 0 radical (unpaired) electrons. The summed E-state index contributed by atoms with van der Waals surface area (Å²) in [6, 6.07) is 10.00. The van der Waals surface area contributed by atoms with Crippen molar-refractivity contribution < 1.29 is 9.84 Å². The topological polar surface area (TPSA) is 35.9 Å². The second-order valence-electron chi connectivity index (χ2n) is 6.75. The number of nitrogens with zero attached hydrogens (tertiary/aromatic N) is 2. The first-order valence-electron chi connectivity index (χ1n) is 8.29. The van der Waals surface area contributed by atoms with Crippen LogP contribution in [0, 0.1) is 5.41 Å². The van der Waals surface area contributed by atoms with Crippen molar-refractivity contribution >= 4 is 0 Å². The molecule has 0 unspecified atom stereocenters. The molecule has 1 saturated heterocycles. The average molecular weight is 306 g/mol. The van der Waals surface area contributed by atoms with Crippen LogP contribution in [0.25, 0.3) is 0 Å². The van der Waals surface area contributed by atoms with Crippen LogP contribution >= 0.6 is 0 Å². The molecule has 0 bridgehead atoms. The highest BCUT2D eigenvalue weighted by Gasteiger charge is 2.34. The third-order valence-electron chi connectivity index (χ3n) is 4.53. The number of aliphatic hydroxyl groups is 1. The van der Waals surface area contributed by atoms with Crippen molar-refractivity contribution in [3.8, 4) is 5.75 Å². The maximum absolute atomic E-state index is 9.75. The molecule has 0 aliphatic carbocycles. The molecule has 0 amide bonds. The van der Waals surface area contributed by atoms with Gasteiger partial charge < -0.3 is 19.6 Å². The Morgan fingerprint density at radius 3 is 2.45 bits per heavy atom. The van der Waals surface area contributed by atoms with Gasteiger partial charge in [-0.25, -0.2) is 0 Å². The van der Waals surface area contributed by atoms with E-state index in [-0.39, 0.29) is 5.41 Å². The van der Waals surface area contributed by atoms with E-state index in [1.54, 1.807) is 0 Å². The van der Waals surface area contributed by atoms with E-state index in [0.717, 1.165) is 57.8 Å². The molecule has 4 nitrogen and oxygen atoms in total. The van der Waals surface area contributed by atoms with E-state index in [2.05, 4.69) is 23.9 Å². The first-order chi connectivity index (χ1) is 10.6.